The monoisotopic (exact) mass is 256 g/mol. The molecule has 1 amide bonds. The van der Waals surface area contributed by atoms with Crippen LogP contribution < -0.4 is 11.1 Å². The van der Waals surface area contributed by atoms with Gasteiger partial charge in [0.05, 0.1) is 12.2 Å². The number of halogens is 1. The first-order valence-corrected chi connectivity index (χ1v) is 5.56. The van der Waals surface area contributed by atoms with Crippen LogP contribution in [0.2, 0.25) is 0 Å². The van der Waals surface area contributed by atoms with Crippen molar-refractivity contribution < 1.29 is 19.0 Å². The number of hydrogen-bond donors (Lipinski definition) is 3. The number of phenolic OH excluding ortho intramolecular Hbond substituents is 1. The normalized spacial score (nSPS) is 12.2. The van der Waals surface area contributed by atoms with Crippen LogP contribution in [0.25, 0.3) is 0 Å². The minimum atomic E-state index is -0.575. The number of nitrogens with two attached hydrogens (primary N) is 1. The molecular weight excluding hydrogens is 239 g/mol. The summed E-state index contributed by atoms with van der Waals surface area (Å²) in [4.78, 5) is 11.6. The van der Waals surface area contributed by atoms with E-state index >= 15 is 0 Å². The predicted molar refractivity (Wildman–Crippen MR) is 64.9 cm³/mol. The Labute approximate surface area is 105 Å². The Morgan fingerprint density at radius 3 is 3.00 bits per heavy atom. The summed E-state index contributed by atoms with van der Waals surface area (Å²) in [6.07, 6.45) is 0.537. The minimum absolute atomic E-state index is 0.0877. The molecule has 0 heterocycles. The Morgan fingerprint density at radius 1 is 1.61 bits per heavy atom. The van der Waals surface area contributed by atoms with Gasteiger partial charge in [-0.2, -0.15) is 0 Å². The van der Waals surface area contributed by atoms with Crippen molar-refractivity contribution >= 4 is 5.91 Å². The minimum Gasteiger partial charge on any atom is -0.507 e. The molecule has 0 fully saturated rings. The van der Waals surface area contributed by atoms with Crippen LogP contribution in [-0.2, 0) is 4.74 Å². The number of hydrogen-bond acceptors (Lipinski definition) is 4. The first-order valence-electron chi connectivity index (χ1n) is 5.56. The zero-order chi connectivity index (χ0) is 13.5. The third-order valence-corrected chi connectivity index (χ3v) is 2.38. The smallest absolute Gasteiger partial charge is 0.255 e. The van der Waals surface area contributed by atoms with E-state index in [0.717, 1.165) is 18.2 Å². The molecule has 100 valence electrons. The number of methoxy groups -OCH3 is 1. The lowest BCUT2D eigenvalue weighted by molar-refractivity contribution is 0.0947. The van der Waals surface area contributed by atoms with Gasteiger partial charge in [0.1, 0.15) is 11.6 Å². The molecular formula is C12H17FN2O3. The van der Waals surface area contributed by atoms with Gasteiger partial charge in [0, 0.05) is 19.7 Å². The maximum absolute atomic E-state index is 12.9. The molecule has 0 spiro atoms. The van der Waals surface area contributed by atoms with Crippen molar-refractivity contribution in [1.29, 1.82) is 0 Å². The van der Waals surface area contributed by atoms with Crippen molar-refractivity contribution in [3.8, 4) is 5.75 Å². The van der Waals surface area contributed by atoms with Crippen LogP contribution in [0, 0.1) is 5.82 Å². The van der Waals surface area contributed by atoms with Gasteiger partial charge in [0.25, 0.3) is 5.91 Å². The SMILES string of the molecule is COCC(N)CCNC(=O)c1cc(F)ccc1O. The average molecular weight is 256 g/mol. The highest BCUT2D eigenvalue weighted by Gasteiger charge is 2.12. The number of phenols is 1. The Kier molecular flexibility index (Phi) is 5.54. The van der Waals surface area contributed by atoms with Crippen molar-refractivity contribution in [2.24, 2.45) is 5.73 Å². The van der Waals surface area contributed by atoms with Crippen LogP contribution in [0.3, 0.4) is 0 Å². The third kappa shape index (κ3) is 4.31. The van der Waals surface area contributed by atoms with Crippen molar-refractivity contribution in [2.45, 2.75) is 12.5 Å². The topological polar surface area (TPSA) is 84.6 Å². The van der Waals surface area contributed by atoms with Gasteiger partial charge in [-0.1, -0.05) is 0 Å². The lowest BCUT2D eigenvalue weighted by Gasteiger charge is -2.11. The van der Waals surface area contributed by atoms with Crippen LogP contribution in [0.5, 0.6) is 5.75 Å². The molecule has 0 bridgehead atoms. The van der Waals surface area contributed by atoms with Gasteiger partial charge < -0.3 is 20.9 Å². The van der Waals surface area contributed by atoms with Gasteiger partial charge in [-0.25, -0.2) is 4.39 Å². The van der Waals surface area contributed by atoms with E-state index in [9.17, 15) is 14.3 Å². The number of nitrogens with one attached hydrogen (secondary N) is 1. The molecule has 0 aliphatic heterocycles. The molecule has 0 saturated carbocycles. The summed E-state index contributed by atoms with van der Waals surface area (Å²) in [7, 11) is 1.54. The van der Waals surface area contributed by atoms with Crippen molar-refractivity contribution in [3.05, 3.63) is 29.6 Å². The van der Waals surface area contributed by atoms with E-state index in [1.165, 1.54) is 0 Å². The highest BCUT2D eigenvalue weighted by Crippen LogP contribution is 2.17. The van der Waals surface area contributed by atoms with E-state index in [4.69, 9.17) is 10.5 Å². The molecule has 1 aromatic rings. The molecule has 1 rings (SSSR count). The van der Waals surface area contributed by atoms with Gasteiger partial charge in [-0.3, -0.25) is 4.79 Å². The van der Waals surface area contributed by atoms with Crippen LogP contribution in [0.15, 0.2) is 18.2 Å². The summed E-state index contributed by atoms with van der Waals surface area (Å²) in [5.41, 5.74) is 5.59. The number of benzene rings is 1. The molecule has 0 saturated heterocycles. The second kappa shape index (κ2) is 6.93. The van der Waals surface area contributed by atoms with Crippen molar-refractivity contribution in [2.75, 3.05) is 20.3 Å². The van der Waals surface area contributed by atoms with Crippen LogP contribution in [0.1, 0.15) is 16.8 Å². The molecule has 0 radical (unpaired) electrons. The maximum Gasteiger partial charge on any atom is 0.255 e. The Morgan fingerprint density at radius 2 is 2.33 bits per heavy atom. The molecule has 1 aromatic carbocycles. The quantitative estimate of drug-likeness (QED) is 0.696. The van der Waals surface area contributed by atoms with Crippen LogP contribution in [-0.4, -0.2) is 37.3 Å². The molecule has 1 unspecified atom stereocenters. The molecule has 5 nitrogen and oxygen atoms in total. The average Bonchev–Trinajstić information content (AvgIpc) is 2.32. The number of amides is 1. The molecule has 4 N–H and O–H groups in total. The van der Waals surface area contributed by atoms with E-state index in [1.807, 2.05) is 0 Å². The predicted octanol–water partition coefficient (Wildman–Crippen LogP) is 0.625. The zero-order valence-corrected chi connectivity index (χ0v) is 10.1. The fourth-order valence-corrected chi connectivity index (χ4v) is 1.45. The molecule has 6 heteroatoms. The van der Waals surface area contributed by atoms with Gasteiger partial charge >= 0.3 is 0 Å². The second-order valence-electron chi connectivity index (χ2n) is 3.92. The molecule has 1 atom stereocenters. The fraction of sp³-hybridized carbons (Fsp3) is 0.417. The Bertz CT molecular complexity index is 412. The first kappa shape index (κ1) is 14.4. The molecule has 0 aromatic heterocycles. The fourth-order valence-electron chi connectivity index (χ4n) is 1.45. The van der Waals surface area contributed by atoms with E-state index in [-0.39, 0.29) is 17.4 Å². The van der Waals surface area contributed by atoms with Gasteiger partial charge in [0.15, 0.2) is 0 Å². The van der Waals surface area contributed by atoms with Crippen molar-refractivity contribution in [1.82, 2.24) is 5.32 Å². The molecule has 18 heavy (non-hydrogen) atoms. The lowest BCUT2D eigenvalue weighted by Crippen LogP contribution is -2.32. The number of ether oxygens (including phenoxy) is 1. The van der Waals surface area contributed by atoms with E-state index < -0.39 is 11.7 Å². The Balaban J connectivity index is 2.48. The Hall–Kier alpha value is -1.66. The number of aromatic hydroxyl groups is 1. The van der Waals surface area contributed by atoms with Crippen LogP contribution >= 0.6 is 0 Å². The number of carbonyl (C=O) groups is 1. The van der Waals surface area contributed by atoms with Gasteiger partial charge in [-0.15, -0.1) is 0 Å². The second-order valence-corrected chi connectivity index (χ2v) is 3.92. The summed E-state index contributed by atoms with van der Waals surface area (Å²) < 4.78 is 17.8. The van der Waals surface area contributed by atoms with Crippen molar-refractivity contribution in [3.63, 3.8) is 0 Å². The first-order chi connectivity index (χ1) is 8.54. The summed E-state index contributed by atoms with van der Waals surface area (Å²) >= 11 is 0. The molecule has 0 aliphatic carbocycles. The lowest BCUT2D eigenvalue weighted by atomic mass is 10.1. The molecule has 0 aliphatic rings. The van der Waals surface area contributed by atoms with Gasteiger partial charge in [0.2, 0.25) is 0 Å². The highest BCUT2D eigenvalue weighted by molar-refractivity contribution is 5.96. The van der Waals surface area contributed by atoms with E-state index in [2.05, 4.69) is 5.32 Å². The summed E-state index contributed by atoms with van der Waals surface area (Å²) in [6.45, 7) is 0.737. The highest BCUT2D eigenvalue weighted by atomic mass is 19.1. The standard InChI is InChI=1S/C12H17FN2O3/c1-18-7-9(14)4-5-15-12(17)10-6-8(13)2-3-11(10)16/h2-3,6,9,16H,4-5,7,14H2,1H3,(H,15,17). The summed E-state index contributed by atoms with van der Waals surface area (Å²) in [5, 5.41) is 12.0. The van der Waals surface area contributed by atoms with E-state index in [1.54, 1.807) is 7.11 Å². The number of rotatable bonds is 6. The van der Waals surface area contributed by atoms with Crippen LogP contribution in [0.4, 0.5) is 4.39 Å². The zero-order valence-electron chi connectivity index (χ0n) is 10.1. The van der Waals surface area contributed by atoms with E-state index in [0.29, 0.717) is 19.6 Å². The maximum atomic E-state index is 12.9. The summed E-state index contributed by atoms with van der Waals surface area (Å²) in [6, 6.07) is 3.04. The largest absolute Gasteiger partial charge is 0.507 e. The summed E-state index contributed by atoms with van der Waals surface area (Å²) in [5.74, 6) is -1.36. The number of carbonyl (C=O) groups excluding carboxylic acids is 1. The van der Waals surface area contributed by atoms with Gasteiger partial charge in [-0.05, 0) is 24.6 Å². The third-order valence-electron chi connectivity index (χ3n) is 2.38.